The first kappa shape index (κ1) is 15.6. The highest BCUT2D eigenvalue weighted by Crippen LogP contribution is 2.36. The maximum atomic E-state index is 13.8. The molecular formula is C14H6F6N2S. The maximum Gasteiger partial charge on any atom is 0.505 e. The third-order valence-corrected chi connectivity index (χ3v) is 3.90. The lowest BCUT2D eigenvalue weighted by Crippen LogP contribution is -2.19. The van der Waals surface area contributed by atoms with E-state index in [1.165, 1.54) is 6.07 Å². The monoisotopic (exact) mass is 348 g/mol. The minimum atomic E-state index is -4.84. The topological polar surface area (TPSA) is 17.8 Å². The molecule has 0 aliphatic heterocycles. The molecule has 0 fully saturated rings. The Bertz CT molecular complexity index is 851. The normalized spacial score (nSPS) is 11.9. The van der Waals surface area contributed by atoms with Crippen LogP contribution in [0.2, 0.25) is 0 Å². The van der Waals surface area contributed by atoms with E-state index in [0.29, 0.717) is 6.07 Å². The summed E-state index contributed by atoms with van der Waals surface area (Å²) in [5, 5.41) is 4.88. The molecule has 3 aromatic rings. The van der Waals surface area contributed by atoms with Gasteiger partial charge < -0.3 is 0 Å². The number of hydrogen-bond donors (Lipinski definition) is 0. The molecule has 0 atom stereocenters. The summed E-state index contributed by atoms with van der Waals surface area (Å²) < 4.78 is 79.0. The van der Waals surface area contributed by atoms with Crippen LogP contribution in [0, 0.1) is 17.5 Å². The second kappa shape index (κ2) is 5.41. The Morgan fingerprint density at radius 2 is 1.65 bits per heavy atom. The molecule has 0 N–H and O–H groups in total. The first-order valence-electron chi connectivity index (χ1n) is 6.13. The van der Waals surface area contributed by atoms with Crippen molar-refractivity contribution in [2.24, 2.45) is 0 Å². The SMILES string of the molecule is Fc1cc(F)c(-c2cc(-c3cccs3)n(C(F)(F)F)n2)cc1F. The van der Waals surface area contributed by atoms with Crippen molar-refractivity contribution < 1.29 is 26.3 Å². The zero-order chi connectivity index (χ0) is 16.8. The van der Waals surface area contributed by atoms with Crippen molar-refractivity contribution in [3.05, 3.63) is 53.2 Å². The Kier molecular flexibility index (Phi) is 3.67. The maximum absolute atomic E-state index is 13.8. The molecule has 0 saturated carbocycles. The van der Waals surface area contributed by atoms with Crippen molar-refractivity contribution >= 4 is 11.3 Å². The lowest BCUT2D eigenvalue weighted by molar-refractivity contribution is -0.210. The van der Waals surface area contributed by atoms with Crippen LogP contribution in [0.15, 0.2) is 35.7 Å². The van der Waals surface area contributed by atoms with Crippen LogP contribution >= 0.6 is 11.3 Å². The molecule has 2 nitrogen and oxygen atoms in total. The van der Waals surface area contributed by atoms with Crippen molar-refractivity contribution in [1.82, 2.24) is 9.78 Å². The van der Waals surface area contributed by atoms with E-state index < -0.39 is 35.0 Å². The average molecular weight is 348 g/mol. The molecule has 0 aliphatic rings. The third kappa shape index (κ3) is 2.83. The Morgan fingerprint density at radius 3 is 2.26 bits per heavy atom. The van der Waals surface area contributed by atoms with E-state index in [2.05, 4.69) is 5.10 Å². The Labute approximate surface area is 129 Å². The molecule has 0 saturated heterocycles. The van der Waals surface area contributed by atoms with Crippen molar-refractivity contribution in [3.8, 4) is 21.8 Å². The van der Waals surface area contributed by atoms with Crippen LogP contribution in [0.1, 0.15) is 0 Å². The fourth-order valence-corrected chi connectivity index (χ4v) is 2.75. The van der Waals surface area contributed by atoms with Gasteiger partial charge in [-0.3, -0.25) is 0 Å². The number of alkyl halides is 3. The largest absolute Gasteiger partial charge is 0.505 e. The number of nitrogens with zero attached hydrogens (tertiary/aromatic N) is 2. The number of benzene rings is 1. The van der Waals surface area contributed by atoms with Crippen molar-refractivity contribution in [1.29, 1.82) is 0 Å². The van der Waals surface area contributed by atoms with Gasteiger partial charge in [0, 0.05) is 11.6 Å². The van der Waals surface area contributed by atoms with Crippen LogP contribution in [0.5, 0.6) is 0 Å². The van der Waals surface area contributed by atoms with Gasteiger partial charge in [-0.2, -0.15) is 9.78 Å². The van der Waals surface area contributed by atoms with Gasteiger partial charge in [-0.15, -0.1) is 24.5 Å². The molecule has 1 aromatic carbocycles. The van der Waals surface area contributed by atoms with Crippen LogP contribution in [-0.4, -0.2) is 9.78 Å². The van der Waals surface area contributed by atoms with Crippen LogP contribution in [-0.2, 0) is 6.30 Å². The zero-order valence-electron chi connectivity index (χ0n) is 11.0. The average Bonchev–Trinajstić information content (AvgIpc) is 3.10. The van der Waals surface area contributed by atoms with Gasteiger partial charge in [-0.1, -0.05) is 6.07 Å². The number of halogens is 6. The molecule has 120 valence electrons. The van der Waals surface area contributed by atoms with Gasteiger partial charge in [-0.05, 0) is 23.6 Å². The molecule has 0 radical (unpaired) electrons. The molecule has 0 unspecified atom stereocenters. The van der Waals surface area contributed by atoms with Crippen LogP contribution in [0.4, 0.5) is 26.3 Å². The number of hydrogen-bond acceptors (Lipinski definition) is 2. The van der Waals surface area contributed by atoms with Crippen molar-refractivity contribution in [2.45, 2.75) is 6.30 Å². The van der Waals surface area contributed by atoms with Crippen molar-refractivity contribution in [2.75, 3.05) is 0 Å². The van der Waals surface area contributed by atoms with Crippen molar-refractivity contribution in [3.63, 3.8) is 0 Å². The predicted molar refractivity (Wildman–Crippen MR) is 72.1 cm³/mol. The second-order valence-electron chi connectivity index (χ2n) is 4.52. The number of rotatable bonds is 2. The summed E-state index contributed by atoms with van der Waals surface area (Å²) in [5.74, 6) is -4.01. The highest BCUT2D eigenvalue weighted by molar-refractivity contribution is 7.13. The zero-order valence-corrected chi connectivity index (χ0v) is 11.9. The summed E-state index contributed by atoms with van der Waals surface area (Å²) in [7, 11) is 0. The second-order valence-corrected chi connectivity index (χ2v) is 5.47. The quantitative estimate of drug-likeness (QED) is 0.461. The lowest BCUT2D eigenvalue weighted by atomic mass is 10.1. The van der Waals surface area contributed by atoms with E-state index in [-0.39, 0.29) is 21.3 Å². The molecule has 2 heterocycles. The molecule has 0 aliphatic carbocycles. The van der Waals surface area contributed by atoms with Gasteiger partial charge >= 0.3 is 6.30 Å². The third-order valence-electron chi connectivity index (χ3n) is 3.01. The molecule has 9 heteroatoms. The fourth-order valence-electron chi connectivity index (χ4n) is 2.02. The van der Waals surface area contributed by atoms with Crippen LogP contribution < -0.4 is 0 Å². The first-order chi connectivity index (χ1) is 10.8. The van der Waals surface area contributed by atoms with Gasteiger partial charge in [0.15, 0.2) is 11.6 Å². The van der Waals surface area contributed by atoms with Gasteiger partial charge in [0.25, 0.3) is 0 Å². The fraction of sp³-hybridized carbons (Fsp3) is 0.0714. The van der Waals surface area contributed by atoms with Gasteiger partial charge in [0.2, 0.25) is 0 Å². The summed E-state index contributed by atoms with van der Waals surface area (Å²) in [5.41, 5.74) is -1.31. The summed E-state index contributed by atoms with van der Waals surface area (Å²) >= 11 is 1.04. The number of aromatic nitrogens is 2. The van der Waals surface area contributed by atoms with Gasteiger partial charge in [0.1, 0.15) is 5.82 Å². The van der Waals surface area contributed by atoms with E-state index in [9.17, 15) is 26.3 Å². The summed E-state index contributed by atoms with van der Waals surface area (Å²) in [6, 6.07) is 4.71. The summed E-state index contributed by atoms with van der Waals surface area (Å²) in [4.78, 5) is 0.254. The molecule has 0 amide bonds. The van der Waals surface area contributed by atoms with Crippen LogP contribution in [0.25, 0.3) is 21.8 Å². The summed E-state index contributed by atoms with van der Waals surface area (Å²) in [6.07, 6.45) is -4.84. The Hall–Kier alpha value is -2.29. The molecule has 0 bridgehead atoms. The van der Waals surface area contributed by atoms with Gasteiger partial charge in [-0.25, -0.2) is 13.2 Å². The molecular weight excluding hydrogens is 342 g/mol. The minimum absolute atomic E-state index is 0.227. The summed E-state index contributed by atoms with van der Waals surface area (Å²) in [6.45, 7) is 0. The number of thiophene rings is 1. The molecule has 0 spiro atoms. The van der Waals surface area contributed by atoms with Gasteiger partial charge in [0.05, 0.1) is 16.3 Å². The predicted octanol–water partition coefficient (Wildman–Crippen LogP) is 5.17. The van der Waals surface area contributed by atoms with Crippen LogP contribution in [0.3, 0.4) is 0 Å². The highest BCUT2D eigenvalue weighted by Gasteiger charge is 2.36. The molecule has 2 aromatic heterocycles. The van der Waals surface area contributed by atoms with E-state index in [0.717, 1.165) is 17.4 Å². The molecule has 3 rings (SSSR count). The molecule has 23 heavy (non-hydrogen) atoms. The smallest absolute Gasteiger partial charge is 0.206 e. The van der Waals surface area contributed by atoms with E-state index in [1.54, 1.807) is 11.4 Å². The van der Waals surface area contributed by atoms with E-state index in [4.69, 9.17) is 0 Å². The Balaban J connectivity index is 2.21. The first-order valence-corrected chi connectivity index (χ1v) is 7.01. The standard InChI is InChI=1S/C14H6F6N2S/c15-8-5-10(17)9(16)4-7(8)11-6-12(13-2-1-3-23-13)22(21-11)14(18,19)20/h1-6H. The Morgan fingerprint density at radius 1 is 0.957 bits per heavy atom. The lowest BCUT2D eigenvalue weighted by Gasteiger charge is -2.09. The van der Waals surface area contributed by atoms with E-state index >= 15 is 0 Å². The minimum Gasteiger partial charge on any atom is -0.206 e. The highest BCUT2D eigenvalue weighted by atomic mass is 32.1. The van der Waals surface area contributed by atoms with E-state index in [1.807, 2.05) is 0 Å².